The number of benzene rings is 2. The van der Waals surface area contributed by atoms with Crippen LogP contribution in [-0.4, -0.2) is 11.1 Å². The second kappa shape index (κ2) is 3.63. The highest BCUT2D eigenvalue weighted by Gasteiger charge is 2.10. The molecule has 2 aromatic carbocycles. The van der Waals surface area contributed by atoms with Gasteiger partial charge in [-0.1, -0.05) is 23.8 Å². The largest absolute Gasteiger partial charge is 0.478 e. The van der Waals surface area contributed by atoms with Gasteiger partial charge < -0.3 is 5.11 Å². The quantitative estimate of drug-likeness (QED) is 0.789. The lowest BCUT2D eigenvalue weighted by molar-refractivity contribution is 0.0699. The maximum Gasteiger partial charge on any atom is 0.336 e. The first-order chi connectivity index (χ1) is 7.49. The van der Waals surface area contributed by atoms with Crippen molar-refractivity contribution < 1.29 is 9.90 Å². The van der Waals surface area contributed by atoms with Crippen molar-refractivity contribution in [3.05, 3.63) is 46.5 Å². The van der Waals surface area contributed by atoms with E-state index in [4.69, 9.17) is 0 Å². The zero-order valence-corrected chi connectivity index (χ0v) is 9.66. The predicted molar refractivity (Wildman–Crippen MR) is 65.1 cm³/mol. The number of carboxylic acids is 1. The molecule has 0 saturated heterocycles. The Labute approximate surface area is 94.5 Å². The van der Waals surface area contributed by atoms with E-state index >= 15 is 0 Å². The summed E-state index contributed by atoms with van der Waals surface area (Å²) in [6.07, 6.45) is 0. The Kier molecular flexibility index (Phi) is 2.43. The third-order valence-electron chi connectivity index (χ3n) is 2.80. The van der Waals surface area contributed by atoms with Crippen molar-refractivity contribution in [1.82, 2.24) is 0 Å². The first-order valence-electron chi connectivity index (χ1n) is 5.24. The van der Waals surface area contributed by atoms with Crippen LogP contribution in [-0.2, 0) is 0 Å². The molecule has 2 aromatic rings. The van der Waals surface area contributed by atoms with Gasteiger partial charge in [-0.2, -0.15) is 0 Å². The van der Waals surface area contributed by atoms with Gasteiger partial charge in [-0.05, 0) is 48.7 Å². The minimum atomic E-state index is -0.862. The Morgan fingerprint density at radius 1 is 0.938 bits per heavy atom. The number of carboxylic acid groups (broad SMARTS) is 1. The van der Waals surface area contributed by atoms with Crippen molar-refractivity contribution in [1.29, 1.82) is 0 Å². The van der Waals surface area contributed by atoms with E-state index in [-0.39, 0.29) is 0 Å². The molecule has 2 nitrogen and oxygen atoms in total. The van der Waals surface area contributed by atoms with Crippen LogP contribution in [0.25, 0.3) is 10.8 Å². The molecule has 0 bridgehead atoms. The van der Waals surface area contributed by atoms with E-state index in [1.807, 2.05) is 32.9 Å². The summed E-state index contributed by atoms with van der Waals surface area (Å²) in [5.74, 6) is -0.862. The van der Waals surface area contributed by atoms with Crippen molar-refractivity contribution >= 4 is 16.7 Å². The Balaban J connectivity index is 2.95. The molecule has 0 saturated carbocycles. The molecule has 1 N–H and O–H groups in total. The smallest absolute Gasteiger partial charge is 0.336 e. The Morgan fingerprint density at radius 2 is 1.50 bits per heavy atom. The zero-order valence-electron chi connectivity index (χ0n) is 9.66. The van der Waals surface area contributed by atoms with Crippen LogP contribution in [0.2, 0.25) is 0 Å². The lowest BCUT2D eigenvalue weighted by Gasteiger charge is -2.08. The molecule has 0 amide bonds. The molecule has 0 aromatic heterocycles. The van der Waals surface area contributed by atoms with Crippen LogP contribution in [0, 0.1) is 20.8 Å². The molecule has 0 atom stereocenters. The van der Waals surface area contributed by atoms with Gasteiger partial charge in [0.2, 0.25) is 0 Å². The van der Waals surface area contributed by atoms with Crippen LogP contribution in [0.5, 0.6) is 0 Å². The second-order valence-corrected chi connectivity index (χ2v) is 4.29. The van der Waals surface area contributed by atoms with E-state index in [9.17, 15) is 9.90 Å². The summed E-state index contributed by atoms with van der Waals surface area (Å²) in [4.78, 5) is 11.2. The van der Waals surface area contributed by atoms with Crippen LogP contribution in [0.4, 0.5) is 0 Å². The maximum atomic E-state index is 11.2. The highest BCUT2D eigenvalue weighted by Crippen LogP contribution is 2.25. The fourth-order valence-corrected chi connectivity index (χ4v) is 2.14. The van der Waals surface area contributed by atoms with Gasteiger partial charge in [-0.15, -0.1) is 0 Å². The van der Waals surface area contributed by atoms with Crippen molar-refractivity contribution in [3.63, 3.8) is 0 Å². The van der Waals surface area contributed by atoms with Crippen LogP contribution >= 0.6 is 0 Å². The summed E-state index contributed by atoms with van der Waals surface area (Å²) in [5, 5.41) is 11.0. The summed E-state index contributed by atoms with van der Waals surface area (Å²) in [7, 11) is 0. The van der Waals surface area contributed by atoms with Crippen LogP contribution in [0.3, 0.4) is 0 Å². The third-order valence-corrected chi connectivity index (χ3v) is 2.80. The van der Waals surface area contributed by atoms with E-state index in [0.29, 0.717) is 5.56 Å². The molecule has 0 unspecified atom stereocenters. The van der Waals surface area contributed by atoms with E-state index < -0.39 is 5.97 Å². The average Bonchev–Trinajstić information content (AvgIpc) is 2.18. The second-order valence-electron chi connectivity index (χ2n) is 4.29. The minimum absolute atomic E-state index is 0.391. The van der Waals surface area contributed by atoms with Crippen LogP contribution < -0.4 is 0 Å². The van der Waals surface area contributed by atoms with Gasteiger partial charge in [0.05, 0.1) is 5.56 Å². The number of hydrogen-bond donors (Lipinski definition) is 1. The van der Waals surface area contributed by atoms with Gasteiger partial charge in [0.25, 0.3) is 0 Å². The number of hydrogen-bond acceptors (Lipinski definition) is 1. The molecule has 0 aliphatic heterocycles. The number of carbonyl (C=O) groups is 1. The van der Waals surface area contributed by atoms with Crippen molar-refractivity contribution in [2.45, 2.75) is 20.8 Å². The third kappa shape index (κ3) is 1.67. The first kappa shape index (κ1) is 10.7. The molecular weight excluding hydrogens is 200 g/mol. The number of rotatable bonds is 1. The molecular formula is C14H14O2. The lowest BCUT2D eigenvalue weighted by atomic mass is 9.96. The zero-order chi connectivity index (χ0) is 11.9. The van der Waals surface area contributed by atoms with Gasteiger partial charge >= 0.3 is 5.97 Å². The van der Waals surface area contributed by atoms with Crippen molar-refractivity contribution in [3.8, 4) is 0 Å². The monoisotopic (exact) mass is 214 g/mol. The molecule has 0 aliphatic rings. The SMILES string of the molecule is Cc1cc(C(=O)O)c2cc(C)cc(C)c2c1. The molecule has 2 rings (SSSR count). The van der Waals surface area contributed by atoms with Crippen LogP contribution in [0.15, 0.2) is 24.3 Å². The summed E-state index contributed by atoms with van der Waals surface area (Å²) in [5.41, 5.74) is 3.59. The first-order valence-corrected chi connectivity index (χ1v) is 5.24. The highest BCUT2D eigenvalue weighted by atomic mass is 16.4. The molecule has 2 heteroatoms. The standard InChI is InChI=1S/C14H14O2/c1-8-4-10(3)11-5-9(2)7-13(14(15)16)12(11)6-8/h4-7H,1-3H3,(H,15,16). The topological polar surface area (TPSA) is 37.3 Å². The number of fused-ring (bicyclic) bond motifs is 1. The summed E-state index contributed by atoms with van der Waals surface area (Å²) < 4.78 is 0. The van der Waals surface area contributed by atoms with Crippen molar-refractivity contribution in [2.24, 2.45) is 0 Å². The normalized spacial score (nSPS) is 10.7. The molecule has 0 aliphatic carbocycles. The van der Waals surface area contributed by atoms with E-state index in [1.165, 1.54) is 0 Å². The van der Waals surface area contributed by atoms with E-state index in [1.54, 1.807) is 6.07 Å². The Morgan fingerprint density at radius 3 is 2.12 bits per heavy atom. The fraction of sp³-hybridized carbons (Fsp3) is 0.214. The van der Waals surface area contributed by atoms with Crippen LogP contribution in [0.1, 0.15) is 27.0 Å². The van der Waals surface area contributed by atoms with Gasteiger partial charge in [0, 0.05) is 0 Å². The molecule has 0 spiro atoms. The van der Waals surface area contributed by atoms with Gasteiger partial charge in [-0.25, -0.2) is 4.79 Å². The maximum absolute atomic E-state index is 11.2. The van der Waals surface area contributed by atoms with Gasteiger partial charge in [-0.3, -0.25) is 0 Å². The Hall–Kier alpha value is -1.83. The molecule has 0 heterocycles. The molecule has 0 fully saturated rings. The highest BCUT2D eigenvalue weighted by molar-refractivity contribution is 6.05. The molecule has 0 radical (unpaired) electrons. The Bertz CT molecular complexity index is 583. The summed E-state index contributed by atoms with van der Waals surface area (Å²) in [6.45, 7) is 5.92. The summed E-state index contributed by atoms with van der Waals surface area (Å²) >= 11 is 0. The predicted octanol–water partition coefficient (Wildman–Crippen LogP) is 3.46. The van der Waals surface area contributed by atoms with Gasteiger partial charge in [0.1, 0.15) is 0 Å². The number of aryl methyl sites for hydroxylation is 3. The average molecular weight is 214 g/mol. The lowest BCUT2D eigenvalue weighted by Crippen LogP contribution is -1.99. The molecule has 82 valence electrons. The number of aromatic carboxylic acids is 1. The van der Waals surface area contributed by atoms with Crippen molar-refractivity contribution in [2.75, 3.05) is 0 Å². The van der Waals surface area contributed by atoms with E-state index in [0.717, 1.165) is 27.5 Å². The fourth-order valence-electron chi connectivity index (χ4n) is 2.14. The minimum Gasteiger partial charge on any atom is -0.478 e. The molecule has 16 heavy (non-hydrogen) atoms. The van der Waals surface area contributed by atoms with E-state index in [2.05, 4.69) is 6.07 Å². The van der Waals surface area contributed by atoms with Gasteiger partial charge in [0.15, 0.2) is 0 Å². The summed E-state index contributed by atoms with van der Waals surface area (Å²) in [6, 6.07) is 7.78.